The van der Waals surface area contributed by atoms with Crippen LogP contribution in [0.25, 0.3) is 0 Å². The highest BCUT2D eigenvalue weighted by molar-refractivity contribution is 7.12. The Morgan fingerprint density at radius 1 is 1.62 bits per heavy atom. The Labute approximate surface area is 106 Å². The van der Waals surface area contributed by atoms with E-state index in [9.17, 15) is 4.79 Å². The van der Waals surface area contributed by atoms with E-state index in [1.807, 2.05) is 11.0 Å². The summed E-state index contributed by atoms with van der Waals surface area (Å²) in [6.45, 7) is 3.61. The van der Waals surface area contributed by atoms with Crippen molar-refractivity contribution in [1.29, 1.82) is 0 Å². The quantitative estimate of drug-likeness (QED) is 0.878. The van der Waals surface area contributed by atoms with Gasteiger partial charge in [0.05, 0.1) is 6.42 Å². The summed E-state index contributed by atoms with van der Waals surface area (Å²) < 4.78 is 0. The first-order valence-corrected chi connectivity index (χ1v) is 6.05. The number of aryl methyl sites for hydroxylation is 1. The lowest BCUT2D eigenvalue weighted by atomic mass is 10.3. The van der Waals surface area contributed by atoms with Crippen LogP contribution in [0.5, 0.6) is 0 Å². The van der Waals surface area contributed by atoms with Crippen LogP contribution in [0.3, 0.4) is 0 Å². The van der Waals surface area contributed by atoms with Crippen LogP contribution in [-0.4, -0.2) is 29.9 Å². The van der Waals surface area contributed by atoms with Crippen LogP contribution in [0, 0.1) is 6.92 Å². The van der Waals surface area contributed by atoms with Gasteiger partial charge in [0.25, 0.3) is 0 Å². The SMILES string of the molecule is Cc1ccc(CC(=O)N2CCC(N)C2)s1.Cl. The van der Waals surface area contributed by atoms with Gasteiger partial charge in [-0.25, -0.2) is 0 Å². The lowest BCUT2D eigenvalue weighted by Gasteiger charge is -2.14. The van der Waals surface area contributed by atoms with Crippen LogP contribution in [-0.2, 0) is 11.2 Å². The first-order valence-electron chi connectivity index (χ1n) is 5.24. The van der Waals surface area contributed by atoms with E-state index in [-0.39, 0.29) is 24.4 Å². The molecule has 1 aliphatic rings. The van der Waals surface area contributed by atoms with Gasteiger partial charge >= 0.3 is 0 Å². The van der Waals surface area contributed by atoms with Crippen LogP contribution in [0.4, 0.5) is 0 Å². The molecule has 1 aromatic heterocycles. The van der Waals surface area contributed by atoms with Crippen molar-refractivity contribution < 1.29 is 4.79 Å². The zero-order chi connectivity index (χ0) is 10.8. The van der Waals surface area contributed by atoms with E-state index in [1.165, 1.54) is 4.88 Å². The normalized spacial score (nSPS) is 19.6. The minimum atomic E-state index is 0. The van der Waals surface area contributed by atoms with E-state index in [2.05, 4.69) is 13.0 Å². The molecule has 0 spiro atoms. The molecule has 0 aliphatic carbocycles. The van der Waals surface area contributed by atoms with Gasteiger partial charge in [-0.2, -0.15) is 0 Å². The number of hydrogen-bond donors (Lipinski definition) is 1. The average molecular weight is 261 g/mol. The molecule has 3 nitrogen and oxygen atoms in total. The Kier molecular flexibility index (Phi) is 4.77. The molecule has 1 aromatic rings. The maximum absolute atomic E-state index is 11.8. The number of carbonyl (C=O) groups is 1. The molecule has 2 rings (SSSR count). The van der Waals surface area contributed by atoms with Gasteiger partial charge in [-0.05, 0) is 25.5 Å². The number of hydrogen-bond acceptors (Lipinski definition) is 3. The highest BCUT2D eigenvalue weighted by Gasteiger charge is 2.23. The second-order valence-corrected chi connectivity index (χ2v) is 5.45. The van der Waals surface area contributed by atoms with Crippen LogP contribution in [0.1, 0.15) is 16.2 Å². The summed E-state index contributed by atoms with van der Waals surface area (Å²) in [7, 11) is 0. The summed E-state index contributed by atoms with van der Waals surface area (Å²) >= 11 is 1.70. The minimum absolute atomic E-state index is 0. The molecule has 1 amide bonds. The Morgan fingerprint density at radius 3 is 2.88 bits per heavy atom. The first-order chi connectivity index (χ1) is 7.15. The van der Waals surface area contributed by atoms with Crippen molar-refractivity contribution in [3.8, 4) is 0 Å². The fourth-order valence-corrected chi connectivity index (χ4v) is 2.74. The molecule has 0 aromatic carbocycles. The Balaban J connectivity index is 0.00000128. The number of likely N-dealkylation sites (tertiary alicyclic amines) is 1. The summed E-state index contributed by atoms with van der Waals surface area (Å²) in [6, 6.07) is 4.27. The summed E-state index contributed by atoms with van der Waals surface area (Å²) in [5.74, 6) is 0.213. The Bertz CT molecular complexity index is 367. The molecule has 1 saturated heterocycles. The van der Waals surface area contributed by atoms with Gasteiger partial charge in [0, 0.05) is 28.9 Å². The molecule has 0 saturated carbocycles. The number of carbonyl (C=O) groups excluding carboxylic acids is 1. The zero-order valence-corrected chi connectivity index (χ0v) is 10.9. The van der Waals surface area contributed by atoms with Gasteiger partial charge in [0.2, 0.25) is 5.91 Å². The van der Waals surface area contributed by atoms with E-state index in [4.69, 9.17) is 5.73 Å². The average Bonchev–Trinajstić information content (AvgIpc) is 2.75. The van der Waals surface area contributed by atoms with Crippen molar-refractivity contribution >= 4 is 29.7 Å². The smallest absolute Gasteiger partial charge is 0.227 e. The summed E-state index contributed by atoms with van der Waals surface area (Å²) in [4.78, 5) is 16.1. The standard InChI is InChI=1S/C11H16N2OS.ClH/c1-8-2-3-10(15-8)6-11(14)13-5-4-9(12)7-13;/h2-3,9H,4-7,12H2,1H3;1H. The van der Waals surface area contributed by atoms with Gasteiger partial charge < -0.3 is 10.6 Å². The van der Waals surface area contributed by atoms with E-state index in [0.29, 0.717) is 6.42 Å². The highest BCUT2D eigenvalue weighted by Crippen LogP contribution is 2.17. The predicted molar refractivity (Wildman–Crippen MR) is 69.2 cm³/mol. The van der Waals surface area contributed by atoms with Crippen molar-refractivity contribution in [2.24, 2.45) is 5.73 Å². The molecule has 5 heteroatoms. The molecule has 2 N–H and O–H groups in total. The molecule has 1 aliphatic heterocycles. The number of thiophene rings is 1. The monoisotopic (exact) mass is 260 g/mol. The molecule has 90 valence electrons. The lowest BCUT2D eigenvalue weighted by molar-refractivity contribution is -0.129. The maximum atomic E-state index is 11.8. The molecular formula is C11H17ClN2OS. The third-order valence-corrected chi connectivity index (χ3v) is 3.70. The number of nitrogens with zero attached hydrogens (tertiary/aromatic N) is 1. The molecule has 0 radical (unpaired) electrons. The third kappa shape index (κ3) is 3.20. The first kappa shape index (κ1) is 13.5. The summed E-state index contributed by atoms with van der Waals surface area (Å²) in [5.41, 5.74) is 5.77. The van der Waals surface area contributed by atoms with E-state index < -0.39 is 0 Å². The second kappa shape index (κ2) is 5.66. The van der Waals surface area contributed by atoms with Crippen LogP contribution in [0.15, 0.2) is 12.1 Å². The number of halogens is 1. The molecule has 1 fully saturated rings. The van der Waals surface area contributed by atoms with Gasteiger partial charge in [-0.3, -0.25) is 4.79 Å². The molecular weight excluding hydrogens is 244 g/mol. The highest BCUT2D eigenvalue weighted by atomic mass is 35.5. The number of nitrogens with two attached hydrogens (primary N) is 1. The largest absolute Gasteiger partial charge is 0.341 e. The third-order valence-electron chi connectivity index (χ3n) is 2.70. The van der Waals surface area contributed by atoms with Gasteiger partial charge in [0.1, 0.15) is 0 Å². The Morgan fingerprint density at radius 2 is 2.38 bits per heavy atom. The van der Waals surface area contributed by atoms with Gasteiger partial charge in [-0.1, -0.05) is 0 Å². The molecule has 1 atom stereocenters. The van der Waals surface area contributed by atoms with Crippen molar-refractivity contribution in [3.05, 3.63) is 21.9 Å². The van der Waals surface area contributed by atoms with E-state index in [0.717, 1.165) is 24.4 Å². The van der Waals surface area contributed by atoms with Crippen LogP contribution >= 0.6 is 23.7 Å². The molecule has 1 unspecified atom stereocenters. The summed E-state index contributed by atoms with van der Waals surface area (Å²) in [5, 5.41) is 0. The fourth-order valence-electron chi connectivity index (χ4n) is 1.85. The molecule has 2 heterocycles. The summed E-state index contributed by atoms with van der Waals surface area (Å²) in [6.07, 6.45) is 1.47. The number of rotatable bonds is 2. The van der Waals surface area contributed by atoms with Gasteiger partial charge in [0.15, 0.2) is 0 Å². The lowest BCUT2D eigenvalue weighted by Crippen LogP contribution is -2.32. The van der Waals surface area contributed by atoms with E-state index in [1.54, 1.807) is 11.3 Å². The minimum Gasteiger partial charge on any atom is -0.341 e. The molecule has 0 bridgehead atoms. The van der Waals surface area contributed by atoms with E-state index >= 15 is 0 Å². The second-order valence-electron chi connectivity index (χ2n) is 4.08. The van der Waals surface area contributed by atoms with Crippen molar-refractivity contribution in [2.75, 3.05) is 13.1 Å². The zero-order valence-electron chi connectivity index (χ0n) is 9.31. The van der Waals surface area contributed by atoms with Crippen LogP contribution < -0.4 is 5.73 Å². The Hall–Kier alpha value is -0.580. The van der Waals surface area contributed by atoms with Crippen molar-refractivity contribution in [3.63, 3.8) is 0 Å². The fraction of sp³-hybridized carbons (Fsp3) is 0.545. The number of amides is 1. The predicted octanol–water partition coefficient (Wildman–Crippen LogP) is 1.58. The van der Waals surface area contributed by atoms with Crippen LogP contribution in [0.2, 0.25) is 0 Å². The van der Waals surface area contributed by atoms with Crippen molar-refractivity contribution in [2.45, 2.75) is 25.8 Å². The molecule has 16 heavy (non-hydrogen) atoms. The van der Waals surface area contributed by atoms with Gasteiger partial charge in [-0.15, -0.1) is 23.7 Å². The maximum Gasteiger partial charge on any atom is 0.227 e. The van der Waals surface area contributed by atoms with Crippen molar-refractivity contribution in [1.82, 2.24) is 4.90 Å². The topological polar surface area (TPSA) is 46.3 Å².